The Hall–Kier alpha value is -1.72. The summed E-state index contributed by atoms with van der Waals surface area (Å²) in [5, 5.41) is 7.41. The summed E-state index contributed by atoms with van der Waals surface area (Å²) in [6.45, 7) is 6.45. The fourth-order valence-corrected chi connectivity index (χ4v) is 3.31. The molecule has 5 heteroatoms. The Balaban J connectivity index is 1.87. The lowest BCUT2D eigenvalue weighted by atomic mass is 10.1. The van der Waals surface area contributed by atoms with Crippen LogP contribution in [0.25, 0.3) is 11.3 Å². The number of nitrogens with zero attached hydrogens (tertiary/aromatic N) is 2. The van der Waals surface area contributed by atoms with Gasteiger partial charge in [0, 0.05) is 36.6 Å². The fraction of sp³-hybridized carbons (Fsp3) is 0.375. The number of hydrogen-bond donors (Lipinski definition) is 1. The van der Waals surface area contributed by atoms with E-state index in [1.807, 2.05) is 35.4 Å². The molecule has 0 aromatic carbocycles. The third-order valence-electron chi connectivity index (χ3n) is 3.90. The number of hydrogen-bond acceptors (Lipinski definition) is 4. The molecule has 1 N–H and O–H groups in total. The van der Waals surface area contributed by atoms with Crippen LogP contribution in [0, 0.1) is 6.92 Å². The van der Waals surface area contributed by atoms with Crippen LogP contribution in [-0.2, 0) is 0 Å². The summed E-state index contributed by atoms with van der Waals surface area (Å²) < 4.78 is 0. The second-order valence-electron chi connectivity index (χ2n) is 5.39. The van der Waals surface area contributed by atoms with Crippen LogP contribution in [0.5, 0.6) is 0 Å². The predicted octanol–water partition coefficient (Wildman–Crippen LogP) is 2.55. The van der Waals surface area contributed by atoms with Crippen LogP contribution in [0.2, 0.25) is 0 Å². The molecule has 1 fully saturated rings. The minimum atomic E-state index is 0.0888. The van der Waals surface area contributed by atoms with Crippen molar-refractivity contribution < 1.29 is 4.79 Å². The third-order valence-corrected chi connectivity index (χ3v) is 4.58. The highest BCUT2D eigenvalue weighted by Crippen LogP contribution is 2.22. The first-order valence-corrected chi connectivity index (χ1v) is 8.13. The predicted molar refractivity (Wildman–Crippen MR) is 85.7 cm³/mol. The maximum Gasteiger partial charge on any atom is 0.256 e. The van der Waals surface area contributed by atoms with Crippen LogP contribution in [0.4, 0.5) is 0 Å². The Labute approximate surface area is 128 Å². The minimum Gasteiger partial charge on any atom is -0.333 e. The van der Waals surface area contributed by atoms with Crippen molar-refractivity contribution in [1.82, 2.24) is 15.2 Å². The SMILES string of the molecule is Cc1nc(-c2ccsc2)ccc1C(=O)N1CCNC[C@@H]1C. The topological polar surface area (TPSA) is 45.2 Å². The zero-order chi connectivity index (χ0) is 14.8. The molecule has 0 unspecified atom stereocenters. The van der Waals surface area contributed by atoms with E-state index in [1.54, 1.807) is 11.3 Å². The lowest BCUT2D eigenvalue weighted by Gasteiger charge is -2.34. The molecule has 110 valence electrons. The smallest absolute Gasteiger partial charge is 0.256 e. The molecule has 1 saturated heterocycles. The zero-order valence-corrected chi connectivity index (χ0v) is 13.1. The van der Waals surface area contributed by atoms with E-state index in [2.05, 4.69) is 22.6 Å². The van der Waals surface area contributed by atoms with Crippen LogP contribution in [0.3, 0.4) is 0 Å². The first-order valence-electron chi connectivity index (χ1n) is 7.18. The number of rotatable bonds is 2. The summed E-state index contributed by atoms with van der Waals surface area (Å²) in [4.78, 5) is 19.2. The van der Waals surface area contributed by atoms with Crippen LogP contribution in [0.1, 0.15) is 23.0 Å². The second-order valence-corrected chi connectivity index (χ2v) is 6.17. The maximum absolute atomic E-state index is 12.7. The van der Waals surface area contributed by atoms with Crippen LogP contribution < -0.4 is 5.32 Å². The highest BCUT2D eigenvalue weighted by atomic mass is 32.1. The van der Waals surface area contributed by atoms with Crippen molar-refractivity contribution in [2.45, 2.75) is 19.9 Å². The number of carbonyl (C=O) groups excluding carboxylic acids is 1. The quantitative estimate of drug-likeness (QED) is 0.927. The molecule has 0 radical (unpaired) electrons. The van der Waals surface area contributed by atoms with Gasteiger partial charge in [-0.25, -0.2) is 0 Å². The third kappa shape index (κ3) is 2.84. The molecule has 1 aliphatic heterocycles. The van der Waals surface area contributed by atoms with Gasteiger partial charge in [-0.3, -0.25) is 9.78 Å². The molecular formula is C16H19N3OS. The molecule has 0 bridgehead atoms. The monoisotopic (exact) mass is 301 g/mol. The Bertz CT molecular complexity index is 639. The van der Waals surface area contributed by atoms with E-state index >= 15 is 0 Å². The van der Waals surface area contributed by atoms with Crippen molar-refractivity contribution >= 4 is 17.2 Å². The van der Waals surface area contributed by atoms with Gasteiger partial charge >= 0.3 is 0 Å². The molecule has 0 aliphatic carbocycles. The first-order chi connectivity index (χ1) is 10.2. The van der Waals surface area contributed by atoms with Gasteiger partial charge in [-0.15, -0.1) is 0 Å². The van der Waals surface area contributed by atoms with E-state index in [0.29, 0.717) is 5.56 Å². The van der Waals surface area contributed by atoms with Gasteiger partial charge in [-0.1, -0.05) is 0 Å². The van der Waals surface area contributed by atoms with E-state index in [4.69, 9.17) is 0 Å². The van der Waals surface area contributed by atoms with Crippen LogP contribution >= 0.6 is 11.3 Å². The molecule has 1 amide bonds. The van der Waals surface area contributed by atoms with Crippen molar-refractivity contribution in [3.63, 3.8) is 0 Å². The van der Waals surface area contributed by atoms with E-state index in [0.717, 1.165) is 36.6 Å². The molecule has 1 atom stereocenters. The van der Waals surface area contributed by atoms with Crippen LogP contribution in [-0.4, -0.2) is 41.5 Å². The van der Waals surface area contributed by atoms with E-state index in [1.165, 1.54) is 0 Å². The lowest BCUT2D eigenvalue weighted by molar-refractivity contribution is 0.0654. The fourth-order valence-electron chi connectivity index (χ4n) is 2.66. The van der Waals surface area contributed by atoms with E-state index in [-0.39, 0.29) is 11.9 Å². The summed E-state index contributed by atoms with van der Waals surface area (Å²) in [7, 11) is 0. The van der Waals surface area contributed by atoms with Crippen molar-refractivity contribution in [2.75, 3.05) is 19.6 Å². The number of aromatic nitrogens is 1. The molecule has 2 aromatic heterocycles. The molecular weight excluding hydrogens is 282 g/mol. The Kier molecular flexibility index (Phi) is 4.03. The summed E-state index contributed by atoms with van der Waals surface area (Å²) in [6, 6.07) is 6.12. The highest BCUT2D eigenvalue weighted by molar-refractivity contribution is 7.08. The Morgan fingerprint density at radius 2 is 2.29 bits per heavy atom. The van der Waals surface area contributed by atoms with Gasteiger partial charge in [0.1, 0.15) is 0 Å². The van der Waals surface area contributed by atoms with E-state index in [9.17, 15) is 4.79 Å². The van der Waals surface area contributed by atoms with Gasteiger partial charge < -0.3 is 10.2 Å². The van der Waals surface area contributed by atoms with Gasteiger partial charge in [0.2, 0.25) is 0 Å². The highest BCUT2D eigenvalue weighted by Gasteiger charge is 2.25. The van der Waals surface area contributed by atoms with Gasteiger partial charge in [-0.05, 0) is 37.4 Å². The van der Waals surface area contributed by atoms with Crippen LogP contribution in [0.15, 0.2) is 29.0 Å². The minimum absolute atomic E-state index is 0.0888. The number of amides is 1. The van der Waals surface area contributed by atoms with Crippen molar-refractivity contribution in [3.8, 4) is 11.3 Å². The number of nitrogens with one attached hydrogen (secondary N) is 1. The lowest BCUT2D eigenvalue weighted by Crippen LogP contribution is -2.52. The largest absolute Gasteiger partial charge is 0.333 e. The second kappa shape index (κ2) is 5.95. The van der Waals surface area contributed by atoms with Crippen molar-refractivity contribution in [1.29, 1.82) is 0 Å². The molecule has 3 rings (SSSR count). The normalized spacial score (nSPS) is 18.8. The number of carbonyl (C=O) groups is 1. The zero-order valence-electron chi connectivity index (χ0n) is 12.3. The number of aryl methyl sites for hydroxylation is 1. The average Bonchev–Trinajstić information content (AvgIpc) is 3.01. The van der Waals surface area contributed by atoms with Crippen molar-refractivity contribution in [3.05, 3.63) is 40.2 Å². The Morgan fingerprint density at radius 3 is 2.95 bits per heavy atom. The standard InChI is InChI=1S/C16H19N3OS/c1-11-9-17-6-7-19(11)16(20)14-3-4-15(18-12(14)2)13-5-8-21-10-13/h3-5,8,10-11,17H,6-7,9H2,1-2H3/t11-/m0/s1. The molecule has 21 heavy (non-hydrogen) atoms. The molecule has 2 aromatic rings. The van der Waals surface area contributed by atoms with Gasteiger partial charge in [0.15, 0.2) is 0 Å². The molecule has 4 nitrogen and oxygen atoms in total. The number of thiophene rings is 1. The van der Waals surface area contributed by atoms with E-state index < -0.39 is 0 Å². The summed E-state index contributed by atoms with van der Waals surface area (Å²) in [6.07, 6.45) is 0. The van der Waals surface area contributed by atoms with Gasteiger partial charge in [0.25, 0.3) is 5.91 Å². The van der Waals surface area contributed by atoms with Gasteiger partial charge in [-0.2, -0.15) is 11.3 Å². The summed E-state index contributed by atoms with van der Waals surface area (Å²) >= 11 is 1.65. The maximum atomic E-state index is 12.7. The summed E-state index contributed by atoms with van der Waals surface area (Å²) in [5.41, 5.74) is 3.55. The summed E-state index contributed by atoms with van der Waals surface area (Å²) in [5.74, 6) is 0.0888. The Morgan fingerprint density at radius 1 is 1.43 bits per heavy atom. The molecule has 1 aliphatic rings. The molecule has 0 spiro atoms. The molecule has 3 heterocycles. The molecule has 0 saturated carbocycles. The van der Waals surface area contributed by atoms with Crippen molar-refractivity contribution in [2.24, 2.45) is 0 Å². The number of piperazine rings is 1. The number of pyridine rings is 1. The average molecular weight is 301 g/mol. The first kappa shape index (κ1) is 14.2. The van der Waals surface area contributed by atoms with Gasteiger partial charge in [0.05, 0.1) is 17.0 Å².